The maximum Gasteiger partial charge on any atom is 0.323 e. The lowest BCUT2D eigenvalue weighted by molar-refractivity contribution is -0.151. The molecule has 0 heterocycles. The van der Waals surface area contributed by atoms with Gasteiger partial charge in [0.2, 0.25) is 0 Å². The van der Waals surface area contributed by atoms with Gasteiger partial charge in [0.1, 0.15) is 12.6 Å². The summed E-state index contributed by atoms with van der Waals surface area (Å²) in [5, 5.41) is 0. The Hall–Kier alpha value is -1.88. The van der Waals surface area contributed by atoms with Gasteiger partial charge in [-0.3, -0.25) is 9.59 Å². The summed E-state index contributed by atoms with van der Waals surface area (Å²) in [6.07, 6.45) is -0.181. The molecule has 5 heteroatoms. The Kier molecular flexibility index (Phi) is 5.16. The minimum Gasteiger partial charge on any atom is -0.468 e. The van der Waals surface area contributed by atoms with Crippen molar-refractivity contribution in [3.8, 4) is 0 Å². The second-order valence-electron chi connectivity index (χ2n) is 3.48. The Bertz CT molecular complexity index is 377. The van der Waals surface area contributed by atoms with Crippen LogP contribution in [0.3, 0.4) is 0 Å². The molecule has 0 aromatic heterocycles. The molecule has 0 aliphatic heterocycles. The number of hydrogen-bond donors (Lipinski definition) is 1. The maximum absolute atomic E-state index is 11.3. The predicted octanol–water partition coefficient (Wildman–Crippen LogP) is 0.620. The summed E-state index contributed by atoms with van der Waals surface area (Å²) in [5.41, 5.74) is 6.30. The lowest BCUT2D eigenvalue weighted by Gasteiger charge is -2.09. The van der Waals surface area contributed by atoms with E-state index in [0.717, 1.165) is 5.56 Å². The molecule has 0 amide bonds. The van der Waals surface area contributed by atoms with Gasteiger partial charge in [0, 0.05) is 0 Å². The van der Waals surface area contributed by atoms with Gasteiger partial charge in [-0.05, 0) is 5.56 Å². The van der Waals surface area contributed by atoms with Crippen LogP contribution < -0.4 is 5.73 Å². The molecule has 0 radical (unpaired) electrons. The van der Waals surface area contributed by atoms with E-state index in [1.165, 1.54) is 7.11 Å². The van der Waals surface area contributed by atoms with Crippen molar-refractivity contribution in [1.82, 2.24) is 0 Å². The molecule has 92 valence electrons. The number of rotatable bonds is 5. The van der Waals surface area contributed by atoms with Gasteiger partial charge in [-0.1, -0.05) is 30.3 Å². The molecule has 0 saturated heterocycles. The summed E-state index contributed by atoms with van der Waals surface area (Å²) < 4.78 is 9.37. The number of nitrogens with two attached hydrogens (primary N) is 1. The van der Waals surface area contributed by atoms with E-state index >= 15 is 0 Å². The zero-order chi connectivity index (χ0) is 12.7. The van der Waals surface area contributed by atoms with Gasteiger partial charge in [-0.15, -0.1) is 0 Å². The molecule has 1 aromatic rings. The van der Waals surface area contributed by atoms with Gasteiger partial charge in [0.15, 0.2) is 0 Å². The van der Waals surface area contributed by atoms with Crippen molar-refractivity contribution in [2.75, 3.05) is 7.11 Å². The van der Waals surface area contributed by atoms with Crippen LogP contribution in [0, 0.1) is 0 Å². The van der Waals surface area contributed by atoms with Crippen molar-refractivity contribution in [3.05, 3.63) is 35.9 Å². The summed E-state index contributed by atoms with van der Waals surface area (Å²) in [6.45, 7) is 0.174. The van der Waals surface area contributed by atoms with E-state index < -0.39 is 18.0 Å². The van der Waals surface area contributed by atoms with Crippen molar-refractivity contribution < 1.29 is 19.1 Å². The van der Waals surface area contributed by atoms with Crippen LogP contribution in [0.2, 0.25) is 0 Å². The van der Waals surface area contributed by atoms with E-state index in [4.69, 9.17) is 10.5 Å². The number of carbonyl (C=O) groups excluding carboxylic acids is 2. The second kappa shape index (κ2) is 6.65. The molecular weight excluding hydrogens is 222 g/mol. The fraction of sp³-hybridized carbons (Fsp3) is 0.333. The summed E-state index contributed by atoms with van der Waals surface area (Å²) in [6, 6.07) is 8.29. The van der Waals surface area contributed by atoms with E-state index in [0.29, 0.717) is 0 Å². The quantitative estimate of drug-likeness (QED) is 0.759. The van der Waals surface area contributed by atoms with Crippen LogP contribution in [0.1, 0.15) is 12.0 Å². The molecule has 0 fully saturated rings. The molecule has 2 N–H and O–H groups in total. The molecule has 5 nitrogen and oxygen atoms in total. The second-order valence-corrected chi connectivity index (χ2v) is 3.48. The lowest BCUT2D eigenvalue weighted by atomic mass is 10.2. The van der Waals surface area contributed by atoms with Gasteiger partial charge < -0.3 is 15.2 Å². The highest BCUT2D eigenvalue weighted by atomic mass is 16.5. The Balaban J connectivity index is 2.33. The van der Waals surface area contributed by atoms with Crippen LogP contribution in [0.5, 0.6) is 0 Å². The smallest absolute Gasteiger partial charge is 0.323 e. The highest BCUT2D eigenvalue weighted by Gasteiger charge is 2.18. The van der Waals surface area contributed by atoms with Crippen molar-refractivity contribution in [1.29, 1.82) is 0 Å². The molecule has 1 aromatic carbocycles. The van der Waals surface area contributed by atoms with Crippen molar-refractivity contribution in [2.45, 2.75) is 19.1 Å². The number of esters is 2. The highest BCUT2D eigenvalue weighted by Crippen LogP contribution is 2.02. The molecule has 0 spiro atoms. The lowest BCUT2D eigenvalue weighted by Crippen LogP contribution is -2.34. The van der Waals surface area contributed by atoms with Gasteiger partial charge in [-0.2, -0.15) is 0 Å². The fourth-order valence-corrected chi connectivity index (χ4v) is 1.21. The molecule has 1 unspecified atom stereocenters. The number of methoxy groups -OCH3 is 1. The average Bonchev–Trinajstić information content (AvgIpc) is 2.36. The Morgan fingerprint density at radius 2 is 1.94 bits per heavy atom. The van der Waals surface area contributed by atoms with Crippen LogP contribution in [0.4, 0.5) is 0 Å². The zero-order valence-electron chi connectivity index (χ0n) is 9.59. The summed E-state index contributed by atoms with van der Waals surface area (Å²) >= 11 is 0. The standard InChI is InChI=1S/C12H15NO4/c1-16-12(15)10(13)7-11(14)17-8-9-5-3-2-4-6-9/h2-6,10H,7-8,13H2,1H3. The first-order chi connectivity index (χ1) is 8.13. The molecule has 0 aliphatic carbocycles. The first-order valence-corrected chi connectivity index (χ1v) is 5.16. The molecular formula is C12H15NO4. The minimum atomic E-state index is -0.969. The number of ether oxygens (including phenoxy) is 2. The maximum atomic E-state index is 11.3. The van der Waals surface area contributed by atoms with Crippen LogP contribution >= 0.6 is 0 Å². The van der Waals surface area contributed by atoms with Crippen LogP contribution in [0.25, 0.3) is 0 Å². The summed E-state index contributed by atoms with van der Waals surface area (Å²) in [7, 11) is 1.22. The molecule has 0 saturated carbocycles. The zero-order valence-corrected chi connectivity index (χ0v) is 9.59. The SMILES string of the molecule is COC(=O)C(N)CC(=O)OCc1ccccc1. The first-order valence-electron chi connectivity index (χ1n) is 5.16. The van der Waals surface area contributed by atoms with Crippen molar-refractivity contribution in [3.63, 3.8) is 0 Å². The molecule has 1 atom stereocenters. The van der Waals surface area contributed by atoms with Gasteiger partial charge in [-0.25, -0.2) is 0 Å². The van der Waals surface area contributed by atoms with Crippen molar-refractivity contribution >= 4 is 11.9 Å². The molecule has 0 aliphatic rings. The minimum absolute atomic E-state index is 0.174. The van der Waals surface area contributed by atoms with Crippen LogP contribution in [-0.2, 0) is 25.7 Å². The third kappa shape index (κ3) is 4.65. The molecule has 1 rings (SSSR count). The Morgan fingerprint density at radius 3 is 2.53 bits per heavy atom. The third-order valence-corrected chi connectivity index (χ3v) is 2.13. The first kappa shape index (κ1) is 13.2. The van der Waals surface area contributed by atoms with E-state index in [2.05, 4.69) is 4.74 Å². The van der Waals surface area contributed by atoms with Gasteiger partial charge in [0.25, 0.3) is 0 Å². The largest absolute Gasteiger partial charge is 0.468 e. The number of carbonyl (C=O) groups is 2. The normalized spacial score (nSPS) is 11.6. The molecule has 0 bridgehead atoms. The monoisotopic (exact) mass is 237 g/mol. The van der Waals surface area contributed by atoms with Gasteiger partial charge in [0.05, 0.1) is 13.5 Å². The topological polar surface area (TPSA) is 78.6 Å². The van der Waals surface area contributed by atoms with E-state index in [1.54, 1.807) is 0 Å². The fourth-order valence-electron chi connectivity index (χ4n) is 1.21. The summed E-state index contributed by atoms with van der Waals surface area (Å²) in [5.74, 6) is -1.14. The van der Waals surface area contributed by atoms with Crippen LogP contribution in [0.15, 0.2) is 30.3 Å². The van der Waals surface area contributed by atoms with Gasteiger partial charge >= 0.3 is 11.9 Å². The van der Waals surface area contributed by atoms with E-state index in [-0.39, 0.29) is 13.0 Å². The average molecular weight is 237 g/mol. The number of benzene rings is 1. The highest BCUT2D eigenvalue weighted by molar-refractivity contribution is 5.82. The Morgan fingerprint density at radius 1 is 1.29 bits per heavy atom. The summed E-state index contributed by atoms with van der Waals surface area (Å²) in [4.78, 5) is 22.3. The Labute approximate surface area is 99.5 Å². The van der Waals surface area contributed by atoms with Crippen molar-refractivity contribution in [2.24, 2.45) is 5.73 Å². The molecule has 17 heavy (non-hydrogen) atoms. The van der Waals surface area contributed by atoms with E-state index in [1.807, 2.05) is 30.3 Å². The number of hydrogen-bond acceptors (Lipinski definition) is 5. The van der Waals surface area contributed by atoms with E-state index in [9.17, 15) is 9.59 Å². The van der Waals surface area contributed by atoms with Crippen LogP contribution in [-0.4, -0.2) is 25.1 Å². The third-order valence-electron chi connectivity index (χ3n) is 2.13. The predicted molar refractivity (Wildman–Crippen MR) is 60.8 cm³/mol.